The van der Waals surface area contributed by atoms with Gasteiger partial charge in [-0.15, -0.1) is 0 Å². The molecule has 0 radical (unpaired) electrons. The van der Waals surface area contributed by atoms with Crippen LogP contribution >= 0.6 is 0 Å². The zero-order valence-corrected chi connectivity index (χ0v) is 12.8. The van der Waals surface area contributed by atoms with Gasteiger partial charge in [0.15, 0.2) is 0 Å². The zero-order valence-electron chi connectivity index (χ0n) is 12.8. The lowest BCUT2D eigenvalue weighted by molar-refractivity contribution is -0.138. The molecule has 1 unspecified atom stereocenters. The Kier molecular flexibility index (Phi) is 6.78. The van der Waals surface area contributed by atoms with E-state index in [0.717, 1.165) is 25.8 Å². The first-order chi connectivity index (χ1) is 9.41. The Hall–Kier alpha value is -1.30. The van der Waals surface area contributed by atoms with E-state index in [-0.39, 0.29) is 18.5 Å². The van der Waals surface area contributed by atoms with Gasteiger partial charge in [-0.1, -0.05) is 0 Å². The summed E-state index contributed by atoms with van der Waals surface area (Å²) in [6.07, 6.45) is 2.78. The first kappa shape index (κ1) is 16.8. The van der Waals surface area contributed by atoms with Crippen molar-refractivity contribution in [2.24, 2.45) is 0 Å². The zero-order chi connectivity index (χ0) is 15.1. The number of rotatable bonds is 6. The lowest BCUT2D eigenvalue weighted by Crippen LogP contribution is -2.50. The maximum atomic E-state index is 12.1. The number of hydrogen-bond acceptors (Lipinski definition) is 3. The molecule has 0 aliphatic carbocycles. The van der Waals surface area contributed by atoms with E-state index in [1.54, 1.807) is 4.90 Å². The fourth-order valence-electron chi connectivity index (χ4n) is 2.38. The largest absolute Gasteiger partial charge is 0.481 e. The van der Waals surface area contributed by atoms with E-state index in [9.17, 15) is 9.59 Å². The highest BCUT2D eigenvalue weighted by Crippen LogP contribution is 2.19. The third kappa shape index (κ3) is 5.36. The van der Waals surface area contributed by atoms with Crippen LogP contribution in [0.15, 0.2) is 0 Å². The van der Waals surface area contributed by atoms with Gasteiger partial charge in [0.2, 0.25) is 0 Å². The highest BCUT2D eigenvalue weighted by molar-refractivity contribution is 5.76. The minimum atomic E-state index is -0.839. The number of amides is 2. The Morgan fingerprint density at radius 3 is 2.70 bits per heavy atom. The standard InChI is InChI=1S/C14H27N3O3/c1-11(2)16(3)9-7-15-14(20)17-8-5-4-6-12(17)10-13(18)19/h11-12H,4-10H2,1-3H3,(H,15,20)(H,18,19). The molecule has 2 N–H and O–H groups in total. The average Bonchev–Trinajstić information content (AvgIpc) is 2.38. The van der Waals surface area contributed by atoms with Crippen LogP contribution in [0.3, 0.4) is 0 Å². The third-order valence-corrected chi connectivity index (χ3v) is 3.92. The van der Waals surface area contributed by atoms with Crippen molar-refractivity contribution in [3.8, 4) is 0 Å². The summed E-state index contributed by atoms with van der Waals surface area (Å²) < 4.78 is 0. The van der Waals surface area contributed by atoms with Gasteiger partial charge >= 0.3 is 12.0 Å². The molecule has 0 spiro atoms. The number of hydrogen-bond donors (Lipinski definition) is 2. The topological polar surface area (TPSA) is 72.9 Å². The molecule has 1 aliphatic rings. The van der Waals surface area contributed by atoms with Gasteiger partial charge in [-0.3, -0.25) is 4.79 Å². The second-order valence-corrected chi connectivity index (χ2v) is 5.75. The van der Waals surface area contributed by atoms with Crippen molar-refractivity contribution < 1.29 is 14.7 Å². The van der Waals surface area contributed by atoms with Crippen LogP contribution in [-0.4, -0.2) is 65.7 Å². The number of carboxylic acids is 1. The van der Waals surface area contributed by atoms with E-state index in [1.165, 1.54) is 0 Å². The van der Waals surface area contributed by atoms with E-state index in [4.69, 9.17) is 5.11 Å². The van der Waals surface area contributed by atoms with Crippen molar-refractivity contribution in [3.63, 3.8) is 0 Å². The minimum absolute atomic E-state index is 0.0410. The number of carbonyl (C=O) groups excluding carboxylic acids is 1. The molecule has 1 aliphatic heterocycles. The van der Waals surface area contributed by atoms with Crippen LogP contribution in [0.5, 0.6) is 0 Å². The van der Waals surface area contributed by atoms with E-state index in [2.05, 4.69) is 24.1 Å². The van der Waals surface area contributed by atoms with Gasteiger partial charge in [-0.2, -0.15) is 0 Å². The summed E-state index contributed by atoms with van der Waals surface area (Å²) in [5.74, 6) is -0.839. The lowest BCUT2D eigenvalue weighted by atomic mass is 10.00. The Balaban J connectivity index is 2.41. The molecule has 0 saturated carbocycles. The summed E-state index contributed by atoms with van der Waals surface area (Å²) in [6, 6.07) is 0.152. The number of nitrogens with zero attached hydrogens (tertiary/aromatic N) is 2. The molecule has 6 nitrogen and oxygen atoms in total. The van der Waals surface area contributed by atoms with Gasteiger partial charge in [0.05, 0.1) is 6.42 Å². The van der Waals surface area contributed by atoms with Crippen LogP contribution < -0.4 is 5.32 Å². The number of nitrogens with one attached hydrogen (secondary N) is 1. The summed E-state index contributed by atoms with van der Waals surface area (Å²) in [5.41, 5.74) is 0. The number of carboxylic acid groups (broad SMARTS) is 1. The summed E-state index contributed by atoms with van der Waals surface area (Å²) in [5, 5.41) is 11.8. The summed E-state index contributed by atoms with van der Waals surface area (Å²) in [7, 11) is 2.02. The highest BCUT2D eigenvalue weighted by atomic mass is 16.4. The normalized spacial score (nSPS) is 19.4. The Morgan fingerprint density at radius 1 is 1.40 bits per heavy atom. The summed E-state index contributed by atoms with van der Waals surface area (Å²) in [6.45, 7) is 6.25. The summed E-state index contributed by atoms with van der Waals surface area (Å²) >= 11 is 0. The lowest BCUT2D eigenvalue weighted by Gasteiger charge is -2.35. The molecule has 2 amide bonds. The average molecular weight is 285 g/mol. The molecule has 1 heterocycles. The smallest absolute Gasteiger partial charge is 0.317 e. The number of likely N-dealkylation sites (N-methyl/N-ethyl adjacent to an activating group) is 1. The third-order valence-electron chi connectivity index (χ3n) is 3.92. The van der Waals surface area contributed by atoms with E-state index in [1.807, 2.05) is 7.05 Å². The molecule has 1 saturated heterocycles. The second-order valence-electron chi connectivity index (χ2n) is 5.75. The molecule has 20 heavy (non-hydrogen) atoms. The van der Waals surface area contributed by atoms with Crippen LogP contribution in [0.25, 0.3) is 0 Å². The van der Waals surface area contributed by atoms with Crippen molar-refractivity contribution in [2.45, 2.75) is 51.6 Å². The fraction of sp³-hybridized carbons (Fsp3) is 0.857. The molecule has 0 aromatic heterocycles. The number of urea groups is 1. The molecule has 1 fully saturated rings. The van der Waals surface area contributed by atoms with Gasteiger partial charge in [-0.25, -0.2) is 4.79 Å². The molecule has 0 aromatic carbocycles. The van der Waals surface area contributed by atoms with Gasteiger partial charge in [0, 0.05) is 31.7 Å². The Morgan fingerprint density at radius 2 is 2.10 bits per heavy atom. The minimum Gasteiger partial charge on any atom is -0.481 e. The molecule has 116 valence electrons. The van der Waals surface area contributed by atoms with E-state index in [0.29, 0.717) is 19.1 Å². The van der Waals surface area contributed by atoms with Crippen molar-refractivity contribution in [1.82, 2.24) is 15.1 Å². The van der Waals surface area contributed by atoms with Gasteiger partial charge in [0.25, 0.3) is 0 Å². The molecule has 1 atom stereocenters. The van der Waals surface area contributed by atoms with Crippen LogP contribution in [0.1, 0.15) is 39.5 Å². The molecule has 1 rings (SSSR count). The van der Waals surface area contributed by atoms with Crippen LogP contribution in [0.4, 0.5) is 4.79 Å². The van der Waals surface area contributed by atoms with Crippen molar-refractivity contribution in [3.05, 3.63) is 0 Å². The quantitative estimate of drug-likeness (QED) is 0.773. The van der Waals surface area contributed by atoms with Gasteiger partial charge in [-0.05, 0) is 40.2 Å². The monoisotopic (exact) mass is 285 g/mol. The van der Waals surface area contributed by atoms with Crippen LogP contribution in [0.2, 0.25) is 0 Å². The van der Waals surface area contributed by atoms with Gasteiger partial charge in [0.1, 0.15) is 0 Å². The maximum Gasteiger partial charge on any atom is 0.317 e. The Labute approximate surface area is 121 Å². The first-order valence-corrected chi connectivity index (χ1v) is 7.38. The number of carbonyl (C=O) groups is 2. The first-order valence-electron chi connectivity index (χ1n) is 7.38. The number of piperidine rings is 1. The predicted molar refractivity (Wildman–Crippen MR) is 77.8 cm³/mol. The fourth-order valence-corrected chi connectivity index (χ4v) is 2.38. The molecule has 6 heteroatoms. The highest BCUT2D eigenvalue weighted by Gasteiger charge is 2.28. The van der Waals surface area contributed by atoms with Crippen LogP contribution in [-0.2, 0) is 4.79 Å². The maximum absolute atomic E-state index is 12.1. The molecular weight excluding hydrogens is 258 g/mol. The van der Waals surface area contributed by atoms with E-state index >= 15 is 0 Å². The van der Waals surface area contributed by atoms with Crippen molar-refractivity contribution in [1.29, 1.82) is 0 Å². The van der Waals surface area contributed by atoms with Crippen molar-refractivity contribution >= 4 is 12.0 Å². The molecular formula is C14H27N3O3. The molecule has 0 aromatic rings. The van der Waals surface area contributed by atoms with Crippen molar-refractivity contribution in [2.75, 3.05) is 26.7 Å². The number of likely N-dealkylation sites (tertiary alicyclic amines) is 1. The Bertz CT molecular complexity index is 334. The SMILES string of the molecule is CC(C)N(C)CCNC(=O)N1CCCCC1CC(=O)O. The summed E-state index contributed by atoms with van der Waals surface area (Å²) in [4.78, 5) is 26.8. The van der Waals surface area contributed by atoms with Crippen LogP contribution in [0, 0.1) is 0 Å². The molecule has 0 bridgehead atoms. The second kappa shape index (κ2) is 8.09. The predicted octanol–water partition coefficient (Wildman–Crippen LogP) is 1.37. The van der Waals surface area contributed by atoms with E-state index < -0.39 is 5.97 Å². The number of aliphatic carboxylic acids is 1. The van der Waals surface area contributed by atoms with Gasteiger partial charge < -0.3 is 20.2 Å².